The van der Waals surface area contributed by atoms with Gasteiger partial charge in [0.15, 0.2) is 0 Å². The van der Waals surface area contributed by atoms with Gasteiger partial charge in [0, 0.05) is 13.1 Å². The molecule has 2 rings (SSSR count). The van der Waals surface area contributed by atoms with Crippen molar-refractivity contribution < 1.29 is 62.6 Å². The van der Waals surface area contributed by atoms with E-state index in [9.17, 15) is 34.8 Å². The molecule has 0 aliphatic carbocycles. The second kappa shape index (κ2) is 23.8. The molecule has 0 saturated heterocycles. The maximum Gasteiger partial charge on any atom is 2.00 e. The van der Waals surface area contributed by atoms with Crippen molar-refractivity contribution in [1.82, 2.24) is 0 Å². The minimum absolute atomic E-state index is 0. The van der Waals surface area contributed by atoms with Crippen LogP contribution in [0.4, 0.5) is 26.3 Å². The number of rotatable bonds is 7. The third kappa shape index (κ3) is 23.8. The van der Waals surface area contributed by atoms with E-state index in [1.54, 1.807) is 74.4 Å². The summed E-state index contributed by atoms with van der Waals surface area (Å²) in [7, 11) is -2.93. The van der Waals surface area contributed by atoms with Crippen molar-refractivity contribution in [3.63, 3.8) is 0 Å². The van der Waals surface area contributed by atoms with Crippen molar-refractivity contribution in [3.8, 4) is 11.5 Å². The standard InChI is InChI=1S/C14H18F3NO2S.C12H14F3NO2S.C2H6.C2H5.BrH.Mg/c1-5-12(18-21(19)13(2,3)4)10-7-6-8-11(9-10)20-14(15,16)17;1-11(2,3)19(17)16-8-9-5-4-6-10(7-9)18-12(13,14)15;2*1-2;;/h6-9H,5H2,1-4H3;4-8H,1-3H3;1-2H3;1H2,2H3;1H;/q;;;-1;;+2/p-1/t21-;19-;;;;/m11..../s1/i;;1D;;;. The van der Waals surface area contributed by atoms with Crippen molar-refractivity contribution in [3.05, 3.63) is 66.6 Å². The number of hydrogen-bond acceptors (Lipinski definition) is 4. The molecular weight excluding hydrogens is 735 g/mol. The summed E-state index contributed by atoms with van der Waals surface area (Å²) in [4.78, 5) is 0. The smallest absolute Gasteiger partial charge is 1.00 e. The van der Waals surface area contributed by atoms with Crippen molar-refractivity contribution in [2.75, 3.05) is 0 Å². The van der Waals surface area contributed by atoms with Crippen LogP contribution >= 0.6 is 0 Å². The second-order valence-corrected chi connectivity index (χ2v) is 13.9. The molecule has 0 radical (unpaired) electrons. The molecule has 260 valence electrons. The van der Waals surface area contributed by atoms with Gasteiger partial charge in [0.2, 0.25) is 0 Å². The number of benzene rings is 2. The van der Waals surface area contributed by atoms with Crippen molar-refractivity contribution in [1.29, 1.82) is 0 Å². The zero-order valence-corrected chi connectivity index (χ0v) is 32.1. The molecule has 16 heteroatoms. The van der Waals surface area contributed by atoms with Crippen molar-refractivity contribution in [2.45, 2.75) is 97.9 Å². The topological polar surface area (TPSA) is 77.3 Å². The maximum atomic E-state index is 12.2. The molecule has 0 saturated carbocycles. The largest absolute Gasteiger partial charge is 2.00 e. The monoisotopic (exact) mass is 777 g/mol. The molecule has 0 unspecified atom stereocenters. The molecule has 0 spiro atoms. The Bertz CT molecular complexity index is 1270. The summed E-state index contributed by atoms with van der Waals surface area (Å²) < 4.78 is 117. The van der Waals surface area contributed by atoms with Crippen LogP contribution in [0.3, 0.4) is 0 Å². The third-order valence-corrected chi connectivity index (χ3v) is 7.14. The quantitative estimate of drug-likeness (QED) is 0.145. The Morgan fingerprint density at radius 1 is 0.848 bits per heavy atom. The fourth-order valence-electron chi connectivity index (χ4n) is 2.49. The molecule has 2 aromatic rings. The predicted molar refractivity (Wildman–Crippen MR) is 175 cm³/mol. The molecular formula is C30H43BrF6MgN2O4S2. The van der Waals surface area contributed by atoms with Crippen LogP contribution in [0.1, 0.15) is 88.1 Å². The van der Waals surface area contributed by atoms with Crippen LogP contribution in [0.25, 0.3) is 0 Å². The first-order valence-corrected chi connectivity index (χ1v) is 15.4. The summed E-state index contributed by atoms with van der Waals surface area (Å²) in [5.74, 6) is -0.652. The number of nitrogens with zero attached hydrogens (tertiary/aromatic N) is 2. The van der Waals surface area contributed by atoms with Crippen LogP contribution in [0, 0.1) is 6.92 Å². The van der Waals surface area contributed by atoms with Gasteiger partial charge in [-0.15, -0.1) is 26.3 Å². The van der Waals surface area contributed by atoms with E-state index in [1.165, 1.54) is 42.6 Å². The molecule has 0 bridgehead atoms. The van der Waals surface area contributed by atoms with E-state index >= 15 is 0 Å². The Balaban J connectivity index is -0.000000334. The Morgan fingerprint density at radius 3 is 1.65 bits per heavy atom. The van der Waals surface area contributed by atoms with Crippen LogP contribution < -0.4 is 26.5 Å². The van der Waals surface area contributed by atoms with Gasteiger partial charge in [-0.05, 0) is 77.8 Å². The molecule has 6 nitrogen and oxygen atoms in total. The third-order valence-electron chi connectivity index (χ3n) is 4.37. The van der Waals surface area contributed by atoms with Crippen LogP contribution in [-0.4, -0.2) is 65.6 Å². The minimum Gasteiger partial charge on any atom is -1.00 e. The SMILES string of the molecule is CC(C)(C)[S@@](=O)N=Cc1cccc(OC(F)(F)F)c1.CCC(=N[S@](=O)C(C)(C)C)c1cccc(OC(F)(F)F)c1.[2H]CC.[Br-].[CH2-]C.[Mg+2]. The van der Waals surface area contributed by atoms with Gasteiger partial charge in [-0.3, -0.25) is 0 Å². The van der Waals surface area contributed by atoms with Gasteiger partial charge in [0.05, 0.1) is 15.2 Å². The summed E-state index contributed by atoms with van der Waals surface area (Å²) in [6.45, 7) is 19.7. The molecule has 0 N–H and O–H groups in total. The zero-order chi connectivity index (χ0) is 35.6. The minimum atomic E-state index is -4.74. The normalized spacial score (nSPS) is 13.4. The van der Waals surface area contributed by atoms with E-state index in [0.717, 1.165) is 0 Å². The fourth-order valence-corrected chi connectivity index (χ4v) is 3.73. The van der Waals surface area contributed by atoms with E-state index in [4.69, 9.17) is 1.37 Å². The molecule has 2 aromatic carbocycles. The molecule has 0 fully saturated rings. The van der Waals surface area contributed by atoms with E-state index < -0.39 is 44.2 Å². The Labute approximate surface area is 302 Å². The van der Waals surface area contributed by atoms with Crippen molar-refractivity contribution in [2.24, 2.45) is 8.80 Å². The Kier molecular flexibility index (Phi) is 25.3. The first kappa shape index (κ1) is 48.9. The molecule has 46 heavy (non-hydrogen) atoms. The first-order chi connectivity index (χ1) is 20.5. The molecule has 0 heterocycles. The van der Waals surface area contributed by atoms with Crippen LogP contribution in [-0.2, 0) is 22.0 Å². The molecule has 0 aliphatic heterocycles. The Morgan fingerprint density at radius 2 is 1.26 bits per heavy atom. The summed E-state index contributed by atoms with van der Waals surface area (Å²) in [5, 5.41) is 0. The summed E-state index contributed by atoms with van der Waals surface area (Å²) in [6, 6.07) is 10.8. The van der Waals surface area contributed by atoms with Gasteiger partial charge in [0.1, 0.15) is 33.5 Å². The average molecular weight is 779 g/mol. The molecule has 0 amide bonds. The first-order valence-electron chi connectivity index (χ1n) is 13.9. The van der Waals surface area contributed by atoms with Crippen LogP contribution in [0.2, 0.25) is 0 Å². The number of halogens is 7. The van der Waals surface area contributed by atoms with Crippen LogP contribution in [0.15, 0.2) is 57.3 Å². The molecule has 0 aliphatic rings. The van der Waals surface area contributed by atoms with E-state index in [-0.39, 0.29) is 51.5 Å². The summed E-state index contributed by atoms with van der Waals surface area (Å²) in [5.41, 5.74) is 1.34. The molecule has 2 atom stereocenters. The number of ether oxygens (including phenoxy) is 2. The average Bonchev–Trinajstić information content (AvgIpc) is 2.89. The number of hydrogen-bond donors (Lipinski definition) is 0. The maximum absolute atomic E-state index is 12.2. The summed E-state index contributed by atoms with van der Waals surface area (Å²) in [6.07, 6.45) is -7.75. The fraction of sp³-hybridized carbons (Fsp3) is 0.500. The van der Waals surface area contributed by atoms with E-state index in [1.807, 2.05) is 0 Å². The van der Waals surface area contributed by atoms with E-state index in [2.05, 4.69) is 25.2 Å². The molecule has 0 aromatic heterocycles. The van der Waals surface area contributed by atoms with Gasteiger partial charge >= 0.3 is 35.8 Å². The summed E-state index contributed by atoms with van der Waals surface area (Å²) >= 11 is 0. The van der Waals surface area contributed by atoms with Crippen molar-refractivity contribution >= 4 is 57.0 Å². The van der Waals surface area contributed by atoms with E-state index in [0.29, 0.717) is 30.2 Å². The van der Waals surface area contributed by atoms with Gasteiger partial charge in [-0.2, -0.15) is 15.7 Å². The van der Waals surface area contributed by atoms with Gasteiger partial charge in [-0.1, -0.05) is 45.0 Å². The second-order valence-electron chi connectivity index (χ2n) is 10.0. The zero-order valence-electron chi connectivity index (χ0n) is 28.5. The van der Waals surface area contributed by atoms with Crippen LogP contribution in [0.5, 0.6) is 11.5 Å². The Hall–Kier alpha value is -1.49. The number of alkyl halides is 6. The predicted octanol–water partition coefficient (Wildman–Crippen LogP) is 6.20. The van der Waals surface area contributed by atoms with Gasteiger partial charge < -0.3 is 33.4 Å². The van der Waals surface area contributed by atoms with Gasteiger partial charge in [0.25, 0.3) is 0 Å². The van der Waals surface area contributed by atoms with Gasteiger partial charge in [-0.25, -0.2) is 8.42 Å².